The van der Waals surface area contributed by atoms with E-state index in [9.17, 15) is 5.11 Å². The Morgan fingerprint density at radius 1 is 1.36 bits per heavy atom. The molecule has 1 N–H and O–H groups in total. The van der Waals surface area contributed by atoms with Crippen LogP contribution in [0.5, 0.6) is 0 Å². The third-order valence-corrected chi connectivity index (χ3v) is 3.91. The largest absolute Gasteiger partial charge is 0.472 e. The Hall–Kier alpha value is -2.13. The van der Waals surface area contributed by atoms with Crippen LogP contribution in [0, 0.1) is 0 Å². The average molecular weight is 321 g/mol. The van der Waals surface area contributed by atoms with E-state index in [2.05, 4.69) is 27.3 Å². The summed E-state index contributed by atoms with van der Waals surface area (Å²) in [7, 11) is 0. The van der Waals surface area contributed by atoms with Crippen molar-refractivity contribution >= 4 is 11.8 Å². The van der Waals surface area contributed by atoms with E-state index in [0.29, 0.717) is 23.3 Å². The van der Waals surface area contributed by atoms with E-state index >= 15 is 0 Å². The molecule has 3 rings (SSSR count). The molecular weight excluding hydrogens is 306 g/mol. The minimum atomic E-state index is -0.126. The molecule has 0 saturated carbocycles. The highest BCUT2D eigenvalue weighted by Gasteiger charge is 2.14. The Bertz CT molecular complexity index is 722. The first-order valence-electron chi connectivity index (χ1n) is 6.82. The molecule has 0 bridgehead atoms. The van der Waals surface area contributed by atoms with Crippen molar-refractivity contribution in [2.24, 2.45) is 0 Å². The van der Waals surface area contributed by atoms with Crippen LogP contribution in [0.15, 0.2) is 32.7 Å². The van der Waals surface area contributed by atoms with Crippen molar-refractivity contribution in [1.82, 2.24) is 24.9 Å². The summed E-state index contributed by atoms with van der Waals surface area (Å²) in [5.74, 6) is 2.04. The van der Waals surface area contributed by atoms with Crippen molar-refractivity contribution in [1.29, 1.82) is 0 Å². The van der Waals surface area contributed by atoms with Crippen molar-refractivity contribution in [2.45, 2.75) is 37.4 Å². The van der Waals surface area contributed by atoms with Gasteiger partial charge in [-0.1, -0.05) is 23.8 Å². The Labute approximate surface area is 130 Å². The molecule has 0 spiro atoms. The maximum atomic E-state index is 9.27. The van der Waals surface area contributed by atoms with Crippen LogP contribution < -0.4 is 0 Å². The van der Waals surface area contributed by atoms with Gasteiger partial charge in [-0.3, -0.25) is 0 Å². The first kappa shape index (κ1) is 14.8. The molecule has 116 valence electrons. The van der Waals surface area contributed by atoms with Gasteiger partial charge in [-0.05, 0) is 12.5 Å². The van der Waals surface area contributed by atoms with E-state index in [1.165, 1.54) is 11.8 Å². The summed E-state index contributed by atoms with van der Waals surface area (Å²) in [4.78, 5) is 4.30. The SMILES string of the molecule is CCCn1c(CO)nnc1SCc1nc(-c2ccoc2)no1. The maximum Gasteiger partial charge on any atom is 0.237 e. The van der Waals surface area contributed by atoms with Crippen molar-refractivity contribution in [3.63, 3.8) is 0 Å². The van der Waals surface area contributed by atoms with Crippen LogP contribution in [-0.2, 0) is 18.9 Å². The van der Waals surface area contributed by atoms with Gasteiger partial charge >= 0.3 is 0 Å². The number of rotatable bonds is 7. The number of hydrogen-bond acceptors (Lipinski definition) is 8. The third-order valence-electron chi connectivity index (χ3n) is 2.95. The van der Waals surface area contributed by atoms with Crippen LogP contribution in [0.4, 0.5) is 0 Å². The number of aliphatic hydroxyl groups excluding tert-OH is 1. The second kappa shape index (κ2) is 6.75. The molecule has 0 fully saturated rings. The lowest BCUT2D eigenvalue weighted by Crippen LogP contribution is -2.04. The summed E-state index contributed by atoms with van der Waals surface area (Å²) in [5, 5.41) is 22.0. The van der Waals surface area contributed by atoms with Gasteiger partial charge in [-0.15, -0.1) is 10.2 Å². The zero-order valence-corrected chi connectivity index (χ0v) is 12.8. The summed E-state index contributed by atoms with van der Waals surface area (Å²) in [6.45, 7) is 2.69. The molecule has 0 aromatic carbocycles. The van der Waals surface area contributed by atoms with Crippen molar-refractivity contribution in [3.05, 3.63) is 30.3 Å². The second-order valence-electron chi connectivity index (χ2n) is 4.52. The third kappa shape index (κ3) is 3.04. The Morgan fingerprint density at radius 3 is 3.00 bits per heavy atom. The van der Waals surface area contributed by atoms with E-state index in [4.69, 9.17) is 8.94 Å². The standard InChI is InChI=1S/C13H15N5O3S/c1-2-4-18-10(6-19)15-16-13(18)22-8-11-14-12(17-21-11)9-3-5-20-7-9/h3,5,7,19H,2,4,6,8H2,1H3. The zero-order valence-electron chi connectivity index (χ0n) is 12.0. The molecule has 0 amide bonds. The minimum absolute atomic E-state index is 0.126. The molecule has 3 aromatic heterocycles. The molecule has 22 heavy (non-hydrogen) atoms. The average Bonchev–Trinajstić information content (AvgIpc) is 3.26. The lowest BCUT2D eigenvalue weighted by Gasteiger charge is -2.05. The topological polar surface area (TPSA) is 103 Å². The Balaban J connectivity index is 1.69. The fourth-order valence-corrected chi connectivity index (χ4v) is 2.76. The van der Waals surface area contributed by atoms with Gasteiger partial charge in [0.2, 0.25) is 11.7 Å². The second-order valence-corrected chi connectivity index (χ2v) is 5.46. The van der Waals surface area contributed by atoms with E-state index < -0.39 is 0 Å². The van der Waals surface area contributed by atoms with Gasteiger partial charge in [-0.2, -0.15) is 4.98 Å². The normalized spacial score (nSPS) is 11.2. The molecule has 0 aliphatic rings. The number of furan rings is 1. The number of thioether (sulfide) groups is 1. The Kier molecular flexibility index (Phi) is 4.54. The molecule has 0 unspecified atom stereocenters. The maximum absolute atomic E-state index is 9.27. The number of aliphatic hydroxyl groups is 1. The van der Waals surface area contributed by atoms with Crippen molar-refractivity contribution in [3.8, 4) is 11.4 Å². The molecule has 9 heteroatoms. The molecule has 0 saturated heterocycles. The first-order valence-corrected chi connectivity index (χ1v) is 7.81. The van der Waals surface area contributed by atoms with Gasteiger partial charge in [0.25, 0.3) is 0 Å². The van der Waals surface area contributed by atoms with E-state index in [1.54, 1.807) is 18.6 Å². The van der Waals surface area contributed by atoms with Crippen LogP contribution in [0.3, 0.4) is 0 Å². The molecule has 3 aromatic rings. The summed E-state index contributed by atoms with van der Waals surface area (Å²) < 4.78 is 12.1. The van der Waals surface area contributed by atoms with Gasteiger partial charge in [0.15, 0.2) is 11.0 Å². The van der Waals surface area contributed by atoms with E-state index in [0.717, 1.165) is 23.7 Å². The molecule has 0 atom stereocenters. The number of hydrogen-bond donors (Lipinski definition) is 1. The predicted octanol–water partition coefficient (Wildman–Crippen LogP) is 2.12. The summed E-state index contributed by atoms with van der Waals surface area (Å²) in [6.07, 6.45) is 4.06. The van der Waals surface area contributed by atoms with Crippen LogP contribution in [0.1, 0.15) is 25.1 Å². The van der Waals surface area contributed by atoms with Gasteiger partial charge in [0.05, 0.1) is 17.6 Å². The smallest absolute Gasteiger partial charge is 0.237 e. The highest BCUT2D eigenvalue weighted by molar-refractivity contribution is 7.98. The monoisotopic (exact) mass is 321 g/mol. The van der Waals surface area contributed by atoms with Crippen LogP contribution in [0.25, 0.3) is 11.4 Å². The lowest BCUT2D eigenvalue weighted by molar-refractivity contribution is 0.263. The minimum Gasteiger partial charge on any atom is -0.472 e. The quantitative estimate of drug-likeness (QED) is 0.660. The van der Waals surface area contributed by atoms with Crippen LogP contribution >= 0.6 is 11.8 Å². The van der Waals surface area contributed by atoms with Gasteiger partial charge in [-0.25, -0.2) is 0 Å². The number of nitrogens with zero attached hydrogens (tertiary/aromatic N) is 5. The van der Waals surface area contributed by atoms with Crippen LogP contribution in [0.2, 0.25) is 0 Å². The summed E-state index contributed by atoms with van der Waals surface area (Å²) in [6, 6.07) is 1.77. The summed E-state index contributed by atoms with van der Waals surface area (Å²) in [5.41, 5.74) is 0.775. The molecule has 0 aliphatic carbocycles. The fraction of sp³-hybridized carbons (Fsp3) is 0.385. The fourth-order valence-electron chi connectivity index (χ4n) is 1.94. The number of aromatic nitrogens is 5. The van der Waals surface area contributed by atoms with E-state index in [-0.39, 0.29) is 6.61 Å². The Morgan fingerprint density at radius 2 is 2.27 bits per heavy atom. The molecule has 8 nitrogen and oxygen atoms in total. The van der Waals surface area contributed by atoms with Crippen molar-refractivity contribution in [2.75, 3.05) is 0 Å². The van der Waals surface area contributed by atoms with Crippen LogP contribution in [-0.4, -0.2) is 30.0 Å². The molecule has 3 heterocycles. The molecule has 0 aliphatic heterocycles. The summed E-state index contributed by atoms with van der Waals surface area (Å²) >= 11 is 1.45. The highest BCUT2D eigenvalue weighted by atomic mass is 32.2. The molecule has 0 radical (unpaired) electrons. The van der Waals surface area contributed by atoms with Gasteiger partial charge < -0.3 is 18.6 Å². The lowest BCUT2D eigenvalue weighted by atomic mass is 10.3. The zero-order chi connectivity index (χ0) is 15.4. The first-order chi connectivity index (χ1) is 10.8. The molecular formula is C13H15N5O3S. The van der Waals surface area contributed by atoms with E-state index in [1.807, 2.05) is 4.57 Å². The highest BCUT2D eigenvalue weighted by Crippen LogP contribution is 2.23. The van der Waals surface area contributed by atoms with Gasteiger partial charge in [0, 0.05) is 6.54 Å². The van der Waals surface area contributed by atoms with Crippen molar-refractivity contribution < 1.29 is 14.0 Å². The predicted molar refractivity (Wildman–Crippen MR) is 77.8 cm³/mol. The van der Waals surface area contributed by atoms with Gasteiger partial charge in [0.1, 0.15) is 12.9 Å².